The second-order valence-corrected chi connectivity index (χ2v) is 2.63. The van der Waals surface area contributed by atoms with Gasteiger partial charge in [0.1, 0.15) is 6.04 Å². The highest BCUT2D eigenvalue weighted by atomic mass is 32.1. The molecule has 0 spiro atoms. The van der Waals surface area contributed by atoms with Crippen LogP contribution >= 0.6 is 12.2 Å². The number of carbonyl (C=O) groups is 1. The number of aliphatic carboxylic acids is 1. The number of nitrogens with two attached hydrogens (primary N) is 1. The van der Waals surface area contributed by atoms with Crippen molar-refractivity contribution in [1.82, 2.24) is 5.32 Å². The molecule has 1 atom stereocenters. The van der Waals surface area contributed by atoms with Crippen LogP contribution in [-0.2, 0) is 4.79 Å². The third-order valence-electron chi connectivity index (χ3n) is 1.19. The first kappa shape index (κ1) is 10.2. The third-order valence-corrected chi connectivity index (χ3v) is 1.31. The fraction of sp³-hybridized carbons (Fsp3) is 0.667. The van der Waals surface area contributed by atoms with Crippen molar-refractivity contribution in [1.29, 1.82) is 0 Å². The van der Waals surface area contributed by atoms with Crippen molar-refractivity contribution >= 4 is 23.3 Å². The van der Waals surface area contributed by atoms with E-state index in [1.165, 1.54) is 0 Å². The van der Waals surface area contributed by atoms with Crippen LogP contribution in [0.25, 0.3) is 0 Å². The van der Waals surface area contributed by atoms with E-state index in [1.54, 1.807) is 0 Å². The lowest BCUT2D eigenvalue weighted by atomic mass is 10.2. The van der Waals surface area contributed by atoms with Gasteiger partial charge in [0.15, 0.2) is 5.11 Å². The molecule has 0 heterocycles. The molecule has 0 aliphatic rings. The van der Waals surface area contributed by atoms with E-state index < -0.39 is 12.0 Å². The molecule has 0 rings (SSSR count). The second-order valence-electron chi connectivity index (χ2n) is 2.19. The van der Waals surface area contributed by atoms with Crippen molar-refractivity contribution in [3.63, 3.8) is 0 Å². The van der Waals surface area contributed by atoms with Crippen LogP contribution in [0.3, 0.4) is 0 Å². The maximum Gasteiger partial charge on any atom is 0.326 e. The molecule has 0 aromatic rings. The molecule has 0 fully saturated rings. The normalized spacial score (nSPS) is 12.1. The summed E-state index contributed by atoms with van der Waals surface area (Å²) in [5.74, 6) is -0.917. The van der Waals surface area contributed by atoms with Crippen LogP contribution in [0.5, 0.6) is 0 Å². The Labute approximate surface area is 70.8 Å². The molecule has 0 amide bonds. The van der Waals surface area contributed by atoms with Gasteiger partial charge in [0.05, 0.1) is 0 Å². The summed E-state index contributed by atoms with van der Waals surface area (Å²) in [4.78, 5) is 10.4. The quantitative estimate of drug-likeness (QED) is 0.529. The van der Waals surface area contributed by atoms with E-state index in [0.717, 1.165) is 6.42 Å². The highest BCUT2D eigenvalue weighted by Gasteiger charge is 2.15. The van der Waals surface area contributed by atoms with Crippen LogP contribution in [0.4, 0.5) is 0 Å². The average molecular weight is 176 g/mol. The summed E-state index contributed by atoms with van der Waals surface area (Å²) < 4.78 is 0. The largest absolute Gasteiger partial charge is 0.480 e. The molecule has 0 aliphatic heterocycles. The molecule has 1 unspecified atom stereocenters. The van der Waals surface area contributed by atoms with Crippen molar-refractivity contribution in [2.75, 3.05) is 0 Å². The Bertz CT molecular complexity index is 161. The average Bonchev–Trinajstić information content (AvgIpc) is 1.86. The van der Waals surface area contributed by atoms with E-state index in [9.17, 15) is 4.79 Å². The molecule has 4 nitrogen and oxygen atoms in total. The highest BCUT2D eigenvalue weighted by molar-refractivity contribution is 7.80. The van der Waals surface area contributed by atoms with Crippen molar-refractivity contribution in [2.45, 2.75) is 25.8 Å². The number of thiocarbonyl (C=S) groups is 1. The van der Waals surface area contributed by atoms with Crippen molar-refractivity contribution in [3.8, 4) is 0 Å². The molecule has 0 aliphatic carbocycles. The Morgan fingerprint density at radius 1 is 1.82 bits per heavy atom. The molecule has 0 radical (unpaired) electrons. The Balaban J connectivity index is 3.89. The monoisotopic (exact) mass is 176 g/mol. The van der Waals surface area contributed by atoms with E-state index in [4.69, 9.17) is 10.8 Å². The van der Waals surface area contributed by atoms with Crippen LogP contribution in [0.2, 0.25) is 0 Å². The van der Waals surface area contributed by atoms with Crippen LogP contribution in [0.1, 0.15) is 19.8 Å². The lowest BCUT2D eigenvalue weighted by Gasteiger charge is -2.12. The Hall–Kier alpha value is -0.840. The fourth-order valence-corrected chi connectivity index (χ4v) is 0.860. The zero-order chi connectivity index (χ0) is 8.85. The first-order chi connectivity index (χ1) is 5.07. The molecule has 0 bridgehead atoms. The smallest absolute Gasteiger partial charge is 0.326 e. The lowest BCUT2D eigenvalue weighted by molar-refractivity contribution is -0.139. The van der Waals surface area contributed by atoms with Crippen LogP contribution < -0.4 is 11.1 Å². The van der Waals surface area contributed by atoms with Gasteiger partial charge in [-0.25, -0.2) is 4.79 Å². The van der Waals surface area contributed by atoms with Crippen molar-refractivity contribution in [3.05, 3.63) is 0 Å². The van der Waals surface area contributed by atoms with E-state index in [2.05, 4.69) is 17.5 Å². The predicted octanol–water partition coefficient (Wildman–Crippen LogP) is 0.0729. The summed E-state index contributed by atoms with van der Waals surface area (Å²) in [6.07, 6.45) is 1.32. The van der Waals surface area contributed by atoms with Gasteiger partial charge in [0, 0.05) is 0 Å². The molecule has 0 saturated carbocycles. The molecule has 64 valence electrons. The van der Waals surface area contributed by atoms with Gasteiger partial charge < -0.3 is 16.2 Å². The summed E-state index contributed by atoms with van der Waals surface area (Å²) in [6.45, 7) is 1.90. The first-order valence-corrected chi connectivity index (χ1v) is 3.77. The van der Waals surface area contributed by atoms with Crippen LogP contribution in [0.15, 0.2) is 0 Å². The van der Waals surface area contributed by atoms with E-state index in [-0.39, 0.29) is 5.11 Å². The molecule has 0 aromatic carbocycles. The molecule has 0 saturated heterocycles. The Morgan fingerprint density at radius 3 is 2.64 bits per heavy atom. The second kappa shape index (κ2) is 4.90. The van der Waals surface area contributed by atoms with Gasteiger partial charge in [-0.2, -0.15) is 0 Å². The number of nitrogens with one attached hydrogen (secondary N) is 1. The maximum absolute atomic E-state index is 10.4. The minimum absolute atomic E-state index is 0.0332. The van der Waals surface area contributed by atoms with E-state index >= 15 is 0 Å². The fourth-order valence-electron chi connectivity index (χ4n) is 0.718. The predicted molar refractivity (Wildman–Crippen MR) is 46.3 cm³/mol. The zero-order valence-electron chi connectivity index (χ0n) is 6.33. The van der Waals surface area contributed by atoms with Gasteiger partial charge in [0.2, 0.25) is 0 Å². The number of rotatable bonds is 4. The standard InChI is InChI=1S/C6H12N2O2S/c1-2-3-4(5(9)10)8-6(7)11/h4H,2-3H2,1H3,(H,9,10)(H3,7,8,11). The molecule has 11 heavy (non-hydrogen) atoms. The summed E-state index contributed by atoms with van der Waals surface area (Å²) in [5.41, 5.74) is 5.12. The summed E-state index contributed by atoms with van der Waals surface area (Å²) in [5, 5.41) is 11.1. The van der Waals surface area contributed by atoms with Crippen LogP contribution in [0, 0.1) is 0 Å². The van der Waals surface area contributed by atoms with Gasteiger partial charge >= 0.3 is 5.97 Å². The Kier molecular flexibility index (Phi) is 4.52. The summed E-state index contributed by atoms with van der Waals surface area (Å²) in [7, 11) is 0. The van der Waals surface area contributed by atoms with E-state index in [0.29, 0.717) is 6.42 Å². The van der Waals surface area contributed by atoms with Gasteiger partial charge in [-0.15, -0.1) is 0 Å². The van der Waals surface area contributed by atoms with Crippen molar-refractivity contribution < 1.29 is 9.90 Å². The highest BCUT2D eigenvalue weighted by Crippen LogP contribution is 1.95. The summed E-state index contributed by atoms with van der Waals surface area (Å²) >= 11 is 4.51. The van der Waals surface area contributed by atoms with Gasteiger partial charge in [-0.3, -0.25) is 0 Å². The van der Waals surface area contributed by atoms with Gasteiger partial charge in [0.25, 0.3) is 0 Å². The lowest BCUT2D eigenvalue weighted by Crippen LogP contribution is -2.43. The topological polar surface area (TPSA) is 75.3 Å². The molecule has 5 heteroatoms. The zero-order valence-corrected chi connectivity index (χ0v) is 7.15. The van der Waals surface area contributed by atoms with Crippen LogP contribution in [-0.4, -0.2) is 22.2 Å². The number of hydrogen-bond acceptors (Lipinski definition) is 2. The Morgan fingerprint density at radius 2 is 2.36 bits per heavy atom. The SMILES string of the molecule is CCCC(NC(N)=S)C(=O)O. The maximum atomic E-state index is 10.4. The number of hydrogen-bond donors (Lipinski definition) is 3. The molecular weight excluding hydrogens is 164 g/mol. The number of carboxylic acid groups (broad SMARTS) is 1. The summed E-state index contributed by atoms with van der Waals surface area (Å²) in [6, 6.07) is -0.641. The van der Waals surface area contributed by atoms with Crippen molar-refractivity contribution in [2.24, 2.45) is 5.73 Å². The third kappa shape index (κ3) is 4.55. The van der Waals surface area contributed by atoms with Gasteiger partial charge in [-0.05, 0) is 18.6 Å². The molecule has 4 N–H and O–H groups in total. The molecule has 0 aromatic heterocycles. The minimum atomic E-state index is -0.917. The van der Waals surface area contributed by atoms with E-state index in [1.807, 2.05) is 6.92 Å². The van der Waals surface area contributed by atoms with Gasteiger partial charge in [-0.1, -0.05) is 13.3 Å². The first-order valence-electron chi connectivity index (χ1n) is 3.36. The number of carboxylic acids is 1. The minimum Gasteiger partial charge on any atom is -0.480 e. The molecular formula is C6H12N2O2S.